The van der Waals surface area contributed by atoms with Crippen molar-refractivity contribution in [3.8, 4) is 17.2 Å². The van der Waals surface area contributed by atoms with E-state index in [1.807, 2.05) is 6.92 Å². The lowest BCUT2D eigenvalue weighted by molar-refractivity contribution is 0.0944. The second-order valence-electron chi connectivity index (χ2n) is 5.03. The standard InChI is InChI=1S/C17H20N2O6S/c1-4-25-13-6-8-14(9-7-13)26(21,22)19-18-17(20)12-5-10-15(23-2)16(11-12)24-3/h5-11,19H,4H2,1-3H3,(H,18,20). The van der Waals surface area contributed by atoms with E-state index in [1.165, 1.54) is 50.6 Å². The summed E-state index contributed by atoms with van der Waals surface area (Å²) in [5.41, 5.74) is 2.37. The van der Waals surface area contributed by atoms with Gasteiger partial charge in [-0.15, -0.1) is 4.83 Å². The van der Waals surface area contributed by atoms with Crippen molar-refractivity contribution >= 4 is 15.9 Å². The van der Waals surface area contributed by atoms with E-state index in [2.05, 4.69) is 10.3 Å². The molecule has 0 fully saturated rings. The summed E-state index contributed by atoms with van der Waals surface area (Å²) < 4.78 is 40.0. The van der Waals surface area contributed by atoms with Crippen LogP contribution in [0.3, 0.4) is 0 Å². The van der Waals surface area contributed by atoms with E-state index in [-0.39, 0.29) is 10.5 Å². The first-order valence-corrected chi connectivity index (χ1v) is 9.16. The number of amides is 1. The molecule has 2 aromatic carbocycles. The zero-order valence-electron chi connectivity index (χ0n) is 14.6. The summed E-state index contributed by atoms with van der Waals surface area (Å²) in [7, 11) is -1.00. The van der Waals surface area contributed by atoms with Gasteiger partial charge in [0.25, 0.3) is 15.9 Å². The van der Waals surface area contributed by atoms with Gasteiger partial charge >= 0.3 is 0 Å². The molecule has 0 heterocycles. The van der Waals surface area contributed by atoms with E-state index < -0.39 is 15.9 Å². The van der Waals surface area contributed by atoms with Crippen molar-refractivity contribution in [2.75, 3.05) is 20.8 Å². The third-order valence-electron chi connectivity index (χ3n) is 3.39. The van der Waals surface area contributed by atoms with E-state index in [0.29, 0.717) is 23.9 Å². The van der Waals surface area contributed by atoms with Gasteiger partial charge in [0.1, 0.15) is 5.75 Å². The van der Waals surface area contributed by atoms with Gasteiger partial charge in [-0.2, -0.15) is 0 Å². The van der Waals surface area contributed by atoms with Crippen LogP contribution in [0.1, 0.15) is 17.3 Å². The Morgan fingerprint density at radius 3 is 2.23 bits per heavy atom. The van der Waals surface area contributed by atoms with Gasteiger partial charge in [-0.05, 0) is 49.4 Å². The van der Waals surface area contributed by atoms with Crippen molar-refractivity contribution in [3.05, 3.63) is 48.0 Å². The van der Waals surface area contributed by atoms with Gasteiger partial charge in [0, 0.05) is 5.56 Å². The molecule has 0 aliphatic carbocycles. The maximum atomic E-state index is 12.2. The molecular weight excluding hydrogens is 360 g/mol. The molecule has 2 rings (SSSR count). The van der Waals surface area contributed by atoms with Crippen LogP contribution in [0.15, 0.2) is 47.4 Å². The van der Waals surface area contributed by atoms with Crippen LogP contribution in [0.4, 0.5) is 0 Å². The van der Waals surface area contributed by atoms with Crippen LogP contribution < -0.4 is 24.5 Å². The maximum Gasteiger partial charge on any atom is 0.266 e. The average Bonchev–Trinajstić information content (AvgIpc) is 2.66. The second-order valence-corrected chi connectivity index (χ2v) is 6.72. The molecule has 0 unspecified atom stereocenters. The monoisotopic (exact) mass is 380 g/mol. The number of rotatable bonds is 8. The predicted molar refractivity (Wildman–Crippen MR) is 94.9 cm³/mol. The highest BCUT2D eigenvalue weighted by Crippen LogP contribution is 2.27. The van der Waals surface area contributed by atoms with Crippen LogP contribution in [0.5, 0.6) is 17.2 Å². The van der Waals surface area contributed by atoms with E-state index in [9.17, 15) is 13.2 Å². The molecule has 2 N–H and O–H groups in total. The van der Waals surface area contributed by atoms with Gasteiger partial charge in [-0.3, -0.25) is 10.2 Å². The normalized spacial score (nSPS) is 10.9. The lowest BCUT2D eigenvalue weighted by Crippen LogP contribution is -2.41. The first kappa shape index (κ1) is 19.5. The van der Waals surface area contributed by atoms with E-state index in [0.717, 1.165) is 0 Å². The summed E-state index contributed by atoms with van der Waals surface area (Å²) in [4.78, 5) is 14.2. The number of hydrogen-bond acceptors (Lipinski definition) is 6. The van der Waals surface area contributed by atoms with Crippen LogP contribution in [-0.4, -0.2) is 35.2 Å². The Bertz CT molecular complexity index is 865. The Kier molecular flexibility index (Phi) is 6.42. The Labute approximate surface area is 152 Å². The summed E-state index contributed by atoms with van der Waals surface area (Å²) in [6.45, 7) is 2.31. The van der Waals surface area contributed by atoms with Crippen molar-refractivity contribution in [1.82, 2.24) is 10.3 Å². The largest absolute Gasteiger partial charge is 0.494 e. The van der Waals surface area contributed by atoms with Gasteiger partial charge in [-0.1, -0.05) is 0 Å². The lowest BCUT2D eigenvalue weighted by Gasteiger charge is -2.11. The number of hydrogen-bond donors (Lipinski definition) is 2. The molecule has 0 saturated carbocycles. The molecule has 26 heavy (non-hydrogen) atoms. The lowest BCUT2D eigenvalue weighted by atomic mass is 10.2. The smallest absolute Gasteiger partial charge is 0.266 e. The van der Waals surface area contributed by atoms with Crippen LogP contribution >= 0.6 is 0 Å². The van der Waals surface area contributed by atoms with Crippen molar-refractivity contribution in [1.29, 1.82) is 0 Å². The van der Waals surface area contributed by atoms with Gasteiger partial charge in [-0.25, -0.2) is 8.42 Å². The molecule has 0 aliphatic rings. The quantitative estimate of drug-likeness (QED) is 0.676. The topological polar surface area (TPSA) is 103 Å². The van der Waals surface area contributed by atoms with Gasteiger partial charge in [0.05, 0.1) is 25.7 Å². The summed E-state index contributed by atoms with van der Waals surface area (Å²) in [5.74, 6) is 0.731. The molecule has 0 saturated heterocycles. The minimum Gasteiger partial charge on any atom is -0.494 e. The van der Waals surface area contributed by atoms with Crippen molar-refractivity contribution < 1.29 is 27.4 Å². The fourth-order valence-electron chi connectivity index (χ4n) is 2.10. The molecular formula is C17H20N2O6S. The summed E-state index contributed by atoms with van der Waals surface area (Å²) >= 11 is 0. The minimum absolute atomic E-state index is 0.00596. The number of benzene rings is 2. The summed E-state index contributed by atoms with van der Waals surface area (Å²) in [5, 5.41) is 0. The highest BCUT2D eigenvalue weighted by Gasteiger charge is 2.17. The van der Waals surface area contributed by atoms with E-state index in [4.69, 9.17) is 14.2 Å². The zero-order valence-corrected chi connectivity index (χ0v) is 15.4. The number of ether oxygens (including phenoxy) is 3. The van der Waals surface area contributed by atoms with Crippen molar-refractivity contribution in [2.45, 2.75) is 11.8 Å². The summed E-state index contributed by atoms with van der Waals surface area (Å²) in [6.07, 6.45) is 0. The SMILES string of the molecule is CCOc1ccc(S(=O)(=O)NNC(=O)c2ccc(OC)c(OC)c2)cc1. The summed E-state index contributed by atoms with van der Waals surface area (Å²) in [6, 6.07) is 10.3. The van der Waals surface area contributed by atoms with Crippen LogP contribution in [0, 0.1) is 0 Å². The maximum absolute atomic E-state index is 12.2. The molecule has 140 valence electrons. The number of carbonyl (C=O) groups is 1. The fourth-order valence-corrected chi connectivity index (χ4v) is 2.94. The molecule has 0 bridgehead atoms. The third kappa shape index (κ3) is 4.64. The zero-order chi connectivity index (χ0) is 19.2. The third-order valence-corrected chi connectivity index (χ3v) is 4.65. The van der Waals surface area contributed by atoms with Crippen LogP contribution in [-0.2, 0) is 10.0 Å². The first-order valence-electron chi connectivity index (χ1n) is 7.68. The van der Waals surface area contributed by atoms with E-state index >= 15 is 0 Å². The number of methoxy groups -OCH3 is 2. The minimum atomic E-state index is -3.92. The molecule has 2 aromatic rings. The number of nitrogens with one attached hydrogen (secondary N) is 2. The molecule has 9 heteroatoms. The van der Waals surface area contributed by atoms with Crippen LogP contribution in [0.25, 0.3) is 0 Å². The number of carbonyl (C=O) groups excluding carboxylic acids is 1. The molecule has 0 spiro atoms. The number of hydrazine groups is 1. The molecule has 0 radical (unpaired) electrons. The fraction of sp³-hybridized carbons (Fsp3) is 0.235. The second kappa shape index (κ2) is 8.54. The Morgan fingerprint density at radius 2 is 1.65 bits per heavy atom. The molecule has 0 aromatic heterocycles. The van der Waals surface area contributed by atoms with E-state index in [1.54, 1.807) is 6.07 Å². The Hall–Kier alpha value is -2.78. The van der Waals surface area contributed by atoms with Gasteiger partial charge in [0.2, 0.25) is 0 Å². The van der Waals surface area contributed by atoms with Gasteiger partial charge in [0.15, 0.2) is 11.5 Å². The van der Waals surface area contributed by atoms with Gasteiger partial charge < -0.3 is 14.2 Å². The highest BCUT2D eigenvalue weighted by molar-refractivity contribution is 7.89. The number of sulfonamides is 1. The van der Waals surface area contributed by atoms with Crippen LogP contribution in [0.2, 0.25) is 0 Å². The molecule has 1 amide bonds. The predicted octanol–water partition coefficient (Wildman–Crippen LogP) is 1.73. The Balaban J connectivity index is 2.08. The first-order chi connectivity index (χ1) is 12.4. The van der Waals surface area contributed by atoms with Crippen molar-refractivity contribution in [2.24, 2.45) is 0 Å². The molecule has 0 atom stereocenters. The average molecular weight is 380 g/mol. The molecule has 8 nitrogen and oxygen atoms in total. The van der Waals surface area contributed by atoms with Crippen molar-refractivity contribution in [3.63, 3.8) is 0 Å². The Morgan fingerprint density at radius 1 is 1.00 bits per heavy atom. The highest BCUT2D eigenvalue weighted by atomic mass is 32.2. The molecule has 0 aliphatic heterocycles.